The van der Waals surface area contributed by atoms with Crippen LogP contribution in [0.3, 0.4) is 0 Å². The number of nitrogens with one attached hydrogen (secondary N) is 1. The molecule has 0 aliphatic carbocycles. The second kappa shape index (κ2) is 8.71. The van der Waals surface area contributed by atoms with Gasteiger partial charge < -0.3 is 14.6 Å². The Morgan fingerprint density at radius 2 is 1.97 bits per heavy atom. The lowest BCUT2D eigenvalue weighted by atomic mass is 9.86. The van der Waals surface area contributed by atoms with Crippen molar-refractivity contribution in [1.82, 2.24) is 5.43 Å². The zero-order valence-electron chi connectivity index (χ0n) is 20.0. The van der Waals surface area contributed by atoms with Crippen LogP contribution in [0.25, 0.3) is 6.08 Å². The van der Waals surface area contributed by atoms with Crippen LogP contribution < -0.4 is 15.1 Å². The van der Waals surface area contributed by atoms with Gasteiger partial charge in [-0.05, 0) is 72.4 Å². The summed E-state index contributed by atoms with van der Waals surface area (Å²) in [6, 6.07) is 10.7. The number of amidine groups is 1. The molecule has 5 rings (SSSR count). The molecule has 3 aliphatic heterocycles. The lowest BCUT2D eigenvalue weighted by Crippen LogP contribution is -2.53. The average molecular weight is 466 g/mol. The minimum absolute atomic E-state index is 0.274. The number of benzene rings is 2. The van der Waals surface area contributed by atoms with Gasteiger partial charge >= 0.3 is 0 Å². The van der Waals surface area contributed by atoms with Crippen LogP contribution in [0.2, 0.25) is 0 Å². The van der Waals surface area contributed by atoms with E-state index in [0.717, 1.165) is 29.1 Å². The number of aliphatic hydroxyl groups is 1. The van der Waals surface area contributed by atoms with Crippen molar-refractivity contribution in [2.24, 2.45) is 11.0 Å². The summed E-state index contributed by atoms with van der Waals surface area (Å²) >= 11 is 0. The number of hydrogen-bond donors (Lipinski definition) is 2. The Balaban J connectivity index is 1.34. The van der Waals surface area contributed by atoms with Crippen LogP contribution in [0.5, 0.6) is 5.75 Å². The van der Waals surface area contributed by atoms with E-state index in [1.807, 2.05) is 12.1 Å². The zero-order chi connectivity index (χ0) is 23.9. The van der Waals surface area contributed by atoms with Crippen molar-refractivity contribution in [3.05, 3.63) is 65.0 Å². The molecule has 0 bridgehead atoms. The van der Waals surface area contributed by atoms with Crippen molar-refractivity contribution in [3.8, 4) is 5.75 Å². The Bertz CT molecular complexity index is 1140. The maximum absolute atomic E-state index is 14.3. The molecule has 1 unspecified atom stereocenters. The fourth-order valence-electron chi connectivity index (χ4n) is 5.24. The Labute approximate surface area is 200 Å². The van der Waals surface area contributed by atoms with Crippen LogP contribution in [0, 0.1) is 11.7 Å². The number of fused-ring (bicyclic) bond motifs is 3. The maximum atomic E-state index is 14.3. The molecule has 2 N–H and O–H groups in total. The predicted molar refractivity (Wildman–Crippen MR) is 131 cm³/mol. The molecule has 6 nitrogen and oxygen atoms in total. The zero-order valence-corrected chi connectivity index (χ0v) is 20.0. The molecule has 1 atom stereocenters. The molecule has 180 valence electrons. The summed E-state index contributed by atoms with van der Waals surface area (Å²) in [5, 5.41) is 15.5. The fraction of sp³-hybridized carbons (Fsp3) is 0.444. The number of hydrazone groups is 1. The van der Waals surface area contributed by atoms with E-state index in [0.29, 0.717) is 49.9 Å². The first-order chi connectivity index (χ1) is 16.3. The highest BCUT2D eigenvalue weighted by Crippen LogP contribution is 2.38. The summed E-state index contributed by atoms with van der Waals surface area (Å²) in [4.78, 5) is 2.26. The van der Waals surface area contributed by atoms with Gasteiger partial charge in [0.1, 0.15) is 23.8 Å². The van der Waals surface area contributed by atoms with Gasteiger partial charge in [-0.1, -0.05) is 19.9 Å². The standard InChI is InChI=1S/C27H32FN3O3/c1-18(2)16-26(3)30-29-25-7-5-20-12-19(4-6-24(20)31(25)26)17-34-23-14-21(13-22(28)15-23)27(32)8-10-33-11-9-27/h4-7,12-15,18,30,32H,8-11,16-17H2,1-3H3. The summed E-state index contributed by atoms with van der Waals surface area (Å²) in [5.41, 5.74) is 5.69. The first-order valence-corrected chi connectivity index (χ1v) is 12.0. The van der Waals surface area contributed by atoms with Gasteiger partial charge in [-0.25, -0.2) is 4.39 Å². The molecule has 2 aromatic rings. The van der Waals surface area contributed by atoms with Gasteiger partial charge in [-0.15, -0.1) is 0 Å². The fourth-order valence-corrected chi connectivity index (χ4v) is 5.24. The molecule has 1 saturated heterocycles. The van der Waals surface area contributed by atoms with Crippen molar-refractivity contribution < 1.29 is 19.0 Å². The van der Waals surface area contributed by atoms with Gasteiger partial charge in [0, 0.05) is 32.1 Å². The SMILES string of the molecule is CC(C)CC1(C)NN=C2C=Cc3cc(COc4cc(F)cc(C5(O)CCOCC5)c4)ccc3N21. The molecule has 2 aromatic carbocycles. The second-order valence-electron chi connectivity index (χ2n) is 10.1. The molecule has 1 fully saturated rings. The Morgan fingerprint density at radius 3 is 2.74 bits per heavy atom. The highest BCUT2D eigenvalue weighted by atomic mass is 19.1. The van der Waals surface area contributed by atoms with E-state index < -0.39 is 11.4 Å². The van der Waals surface area contributed by atoms with E-state index in [-0.39, 0.29) is 5.66 Å². The minimum atomic E-state index is -1.08. The number of nitrogens with zero attached hydrogens (tertiary/aromatic N) is 2. The highest BCUT2D eigenvalue weighted by molar-refractivity contribution is 6.13. The van der Waals surface area contributed by atoms with Gasteiger partial charge in [-0.2, -0.15) is 5.10 Å². The summed E-state index contributed by atoms with van der Waals surface area (Å²) in [5.74, 6) is 1.42. The van der Waals surface area contributed by atoms with E-state index >= 15 is 0 Å². The van der Waals surface area contributed by atoms with Crippen LogP contribution in [-0.2, 0) is 16.9 Å². The third kappa shape index (κ3) is 4.30. The number of ether oxygens (including phenoxy) is 2. The molecule has 7 heteroatoms. The van der Waals surface area contributed by atoms with Crippen LogP contribution in [0.4, 0.5) is 10.1 Å². The Morgan fingerprint density at radius 1 is 1.18 bits per heavy atom. The largest absolute Gasteiger partial charge is 0.489 e. The summed E-state index contributed by atoms with van der Waals surface area (Å²) in [6.45, 7) is 7.82. The van der Waals surface area contributed by atoms with Crippen LogP contribution >= 0.6 is 0 Å². The molecule has 0 spiro atoms. The third-order valence-corrected chi connectivity index (χ3v) is 6.82. The van der Waals surface area contributed by atoms with Gasteiger partial charge in [0.2, 0.25) is 0 Å². The maximum Gasteiger partial charge on any atom is 0.154 e. The molecule has 0 amide bonds. The molecule has 34 heavy (non-hydrogen) atoms. The first-order valence-electron chi connectivity index (χ1n) is 12.0. The molecule has 0 aromatic heterocycles. The highest BCUT2D eigenvalue weighted by Gasteiger charge is 2.41. The molecular formula is C27H32FN3O3. The van der Waals surface area contributed by atoms with Crippen LogP contribution in [-0.4, -0.2) is 29.8 Å². The third-order valence-electron chi connectivity index (χ3n) is 6.82. The number of hydrogen-bond acceptors (Lipinski definition) is 6. The molecule has 3 heterocycles. The van der Waals surface area contributed by atoms with Gasteiger partial charge in [0.05, 0.1) is 11.3 Å². The molecule has 0 radical (unpaired) electrons. The average Bonchev–Trinajstić information content (AvgIpc) is 3.13. The number of rotatable bonds is 6. The smallest absolute Gasteiger partial charge is 0.154 e. The van der Waals surface area contributed by atoms with Crippen LogP contribution in [0.1, 0.15) is 56.7 Å². The molecule has 0 saturated carbocycles. The Hall–Kier alpha value is -2.90. The normalized spacial score (nSPS) is 22.8. The van der Waals surface area contributed by atoms with Crippen molar-refractivity contribution in [2.75, 3.05) is 18.1 Å². The lowest BCUT2D eigenvalue weighted by molar-refractivity contribution is -0.0681. The van der Waals surface area contributed by atoms with Crippen molar-refractivity contribution >= 4 is 17.6 Å². The topological polar surface area (TPSA) is 66.3 Å². The van der Waals surface area contributed by atoms with E-state index in [2.05, 4.69) is 54.4 Å². The lowest BCUT2D eigenvalue weighted by Gasteiger charge is -2.39. The van der Waals surface area contributed by atoms with Gasteiger partial charge in [0.25, 0.3) is 0 Å². The predicted octanol–water partition coefficient (Wildman–Crippen LogP) is 4.91. The number of anilines is 1. The Kier molecular flexibility index (Phi) is 5.86. The van der Waals surface area contributed by atoms with Crippen molar-refractivity contribution in [3.63, 3.8) is 0 Å². The van der Waals surface area contributed by atoms with Gasteiger partial charge in [0.15, 0.2) is 5.84 Å². The van der Waals surface area contributed by atoms with E-state index in [1.54, 1.807) is 6.07 Å². The minimum Gasteiger partial charge on any atom is -0.489 e. The monoisotopic (exact) mass is 465 g/mol. The number of halogens is 1. The summed E-state index contributed by atoms with van der Waals surface area (Å²) in [6.07, 6.45) is 5.94. The van der Waals surface area contributed by atoms with E-state index in [9.17, 15) is 9.50 Å². The van der Waals surface area contributed by atoms with Crippen molar-refractivity contribution in [1.29, 1.82) is 0 Å². The quantitative estimate of drug-likeness (QED) is 0.634. The summed E-state index contributed by atoms with van der Waals surface area (Å²) < 4.78 is 25.7. The molecular weight excluding hydrogens is 433 g/mol. The summed E-state index contributed by atoms with van der Waals surface area (Å²) in [7, 11) is 0. The molecule has 3 aliphatic rings. The van der Waals surface area contributed by atoms with E-state index in [4.69, 9.17) is 9.47 Å². The van der Waals surface area contributed by atoms with Crippen molar-refractivity contribution in [2.45, 2.75) is 57.9 Å². The first kappa shape index (κ1) is 22.9. The van der Waals surface area contributed by atoms with Gasteiger partial charge in [-0.3, -0.25) is 10.3 Å². The van der Waals surface area contributed by atoms with E-state index in [1.165, 1.54) is 12.1 Å². The second-order valence-corrected chi connectivity index (χ2v) is 10.1. The van der Waals surface area contributed by atoms with Crippen LogP contribution in [0.15, 0.2) is 47.6 Å².